The van der Waals surface area contributed by atoms with Crippen molar-refractivity contribution in [1.29, 1.82) is 5.26 Å². The smallest absolute Gasteiger partial charge is 0.303 e. The number of nitriles is 1. The minimum Gasteiger partial charge on any atom is -0.322 e. The summed E-state index contributed by atoms with van der Waals surface area (Å²) in [5.74, 6) is -0.346. The second-order valence-corrected chi connectivity index (χ2v) is 9.86. The number of carbonyl (C=O) groups is 1. The second-order valence-electron chi connectivity index (χ2n) is 7.49. The van der Waals surface area contributed by atoms with Crippen molar-refractivity contribution in [2.24, 2.45) is 0 Å². The van der Waals surface area contributed by atoms with E-state index >= 15 is 0 Å². The molecule has 0 radical (unpaired) electrons. The third-order valence-electron chi connectivity index (χ3n) is 5.32. The van der Waals surface area contributed by atoms with Gasteiger partial charge in [-0.05, 0) is 61.0 Å². The van der Waals surface area contributed by atoms with Gasteiger partial charge in [0.1, 0.15) is 6.07 Å². The number of carbonyl (C=O) groups excluding carboxylic acids is 1. The standard InChI is InChI=1S/C23H20ClN5O3S/c1-28-11-2-12-29(33(28,31)32)19-7-4-17(5-8-19)23(30)27-18-6-9-21(24)20(13-18)22-10-3-16(14-25)15-26-22/h3-10,13,15H,2,11-12H2,1H3,(H,27,30). The first-order valence-corrected chi connectivity index (χ1v) is 11.9. The van der Waals surface area contributed by atoms with Crippen LogP contribution < -0.4 is 9.62 Å². The van der Waals surface area contributed by atoms with E-state index in [0.29, 0.717) is 51.9 Å². The molecule has 0 unspecified atom stereocenters. The molecule has 1 aliphatic heterocycles. The average Bonchev–Trinajstić information content (AvgIpc) is 2.82. The van der Waals surface area contributed by atoms with Gasteiger partial charge in [0.05, 0.1) is 22.0 Å². The molecule has 0 spiro atoms. The zero-order valence-corrected chi connectivity index (χ0v) is 19.3. The normalized spacial score (nSPS) is 15.6. The second kappa shape index (κ2) is 9.19. The number of rotatable bonds is 4. The summed E-state index contributed by atoms with van der Waals surface area (Å²) in [6.07, 6.45) is 2.18. The first-order valence-electron chi connectivity index (χ1n) is 10.1. The number of aromatic nitrogens is 1. The number of nitrogens with one attached hydrogen (secondary N) is 1. The zero-order valence-electron chi connectivity index (χ0n) is 17.7. The summed E-state index contributed by atoms with van der Waals surface area (Å²) in [5.41, 5.74) is 3.05. The van der Waals surface area contributed by atoms with E-state index in [0.717, 1.165) is 6.42 Å². The van der Waals surface area contributed by atoms with Gasteiger partial charge in [0.2, 0.25) is 0 Å². The molecule has 33 heavy (non-hydrogen) atoms. The van der Waals surface area contributed by atoms with Crippen LogP contribution in [0.25, 0.3) is 11.3 Å². The lowest BCUT2D eigenvalue weighted by Crippen LogP contribution is -2.47. The molecule has 1 aromatic heterocycles. The van der Waals surface area contributed by atoms with E-state index in [1.807, 2.05) is 6.07 Å². The minimum absolute atomic E-state index is 0.346. The molecule has 10 heteroatoms. The predicted molar refractivity (Wildman–Crippen MR) is 127 cm³/mol. The van der Waals surface area contributed by atoms with E-state index in [1.54, 1.807) is 61.6 Å². The van der Waals surface area contributed by atoms with E-state index in [1.165, 1.54) is 14.8 Å². The maximum atomic E-state index is 12.8. The van der Waals surface area contributed by atoms with Crippen LogP contribution in [0, 0.1) is 11.3 Å². The van der Waals surface area contributed by atoms with Crippen LogP contribution in [0.3, 0.4) is 0 Å². The van der Waals surface area contributed by atoms with Crippen LogP contribution in [0.5, 0.6) is 0 Å². The van der Waals surface area contributed by atoms with Crippen LogP contribution in [0.15, 0.2) is 60.8 Å². The molecule has 0 atom stereocenters. The largest absolute Gasteiger partial charge is 0.322 e. The Kier molecular flexibility index (Phi) is 6.33. The highest BCUT2D eigenvalue weighted by Gasteiger charge is 2.31. The van der Waals surface area contributed by atoms with Gasteiger partial charge >= 0.3 is 10.2 Å². The number of benzene rings is 2. The third-order valence-corrected chi connectivity index (χ3v) is 7.57. The van der Waals surface area contributed by atoms with Crippen molar-refractivity contribution in [2.45, 2.75) is 6.42 Å². The Morgan fingerprint density at radius 3 is 2.55 bits per heavy atom. The Hall–Kier alpha value is -3.45. The maximum Gasteiger partial charge on any atom is 0.303 e. The first kappa shape index (κ1) is 22.7. The van der Waals surface area contributed by atoms with Crippen LogP contribution in [0.1, 0.15) is 22.3 Å². The average molecular weight is 482 g/mol. The molecule has 1 fully saturated rings. The Labute approximate surface area is 197 Å². The summed E-state index contributed by atoms with van der Waals surface area (Å²) in [5, 5.41) is 12.2. The lowest BCUT2D eigenvalue weighted by molar-refractivity contribution is 0.102. The number of halogens is 1. The maximum absolute atomic E-state index is 12.8. The van der Waals surface area contributed by atoms with Crippen LogP contribution in [0.4, 0.5) is 11.4 Å². The van der Waals surface area contributed by atoms with Crippen molar-refractivity contribution >= 4 is 39.1 Å². The van der Waals surface area contributed by atoms with E-state index in [4.69, 9.17) is 16.9 Å². The van der Waals surface area contributed by atoms with Gasteiger partial charge in [-0.2, -0.15) is 18.0 Å². The molecule has 1 saturated heterocycles. The Morgan fingerprint density at radius 1 is 1.12 bits per heavy atom. The number of hydrogen-bond donors (Lipinski definition) is 1. The van der Waals surface area contributed by atoms with Gasteiger partial charge < -0.3 is 5.32 Å². The lowest BCUT2D eigenvalue weighted by atomic mass is 10.1. The first-order chi connectivity index (χ1) is 15.8. The highest BCUT2D eigenvalue weighted by Crippen LogP contribution is 2.30. The van der Waals surface area contributed by atoms with E-state index < -0.39 is 10.2 Å². The summed E-state index contributed by atoms with van der Waals surface area (Å²) in [6.45, 7) is 0.884. The molecule has 3 aromatic rings. The van der Waals surface area contributed by atoms with Gasteiger partial charge in [-0.15, -0.1) is 0 Å². The Balaban J connectivity index is 1.52. The van der Waals surface area contributed by atoms with Gasteiger partial charge in [0.15, 0.2) is 0 Å². The van der Waals surface area contributed by atoms with Crippen LogP contribution in [-0.4, -0.2) is 43.8 Å². The third kappa shape index (κ3) is 4.68. The quantitative estimate of drug-likeness (QED) is 0.608. The molecule has 1 amide bonds. The van der Waals surface area contributed by atoms with Gasteiger partial charge in [-0.1, -0.05) is 11.6 Å². The molecule has 168 valence electrons. The Bertz CT molecular complexity index is 1340. The number of anilines is 2. The monoisotopic (exact) mass is 481 g/mol. The molecule has 0 bridgehead atoms. The van der Waals surface area contributed by atoms with Crippen molar-refractivity contribution in [2.75, 3.05) is 29.8 Å². The van der Waals surface area contributed by atoms with Crippen LogP contribution in [-0.2, 0) is 10.2 Å². The van der Waals surface area contributed by atoms with Gasteiger partial charge in [0.25, 0.3) is 5.91 Å². The number of amides is 1. The SMILES string of the molecule is CN1CCCN(c2ccc(C(=O)Nc3ccc(Cl)c(-c4ccc(C#N)cn4)c3)cc2)S1(=O)=O. The number of nitrogens with zero attached hydrogens (tertiary/aromatic N) is 4. The highest BCUT2D eigenvalue weighted by molar-refractivity contribution is 7.90. The molecule has 2 aromatic carbocycles. The molecule has 1 aliphatic rings. The van der Waals surface area contributed by atoms with E-state index in [-0.39, 0.29) is 5.91 Å². The van der Waals surface area contributed by atoms with Gasteiger partial charge in [-0.3, -0.25) is 14.1 Å². The molecule has 8 nitrogen and oxygen atoms in total. The molecular formula is C23H20ClN5O3S. The van der Waals surface area contributed by atoms with Crippen molar-refractivity contribution in [3.63, 3.8) is 0 Å². The van der Waals surface area contributed by atoms with Crippen molar-refractivity contribution < 1.29 is 13.2 Å². The summed E-state index contributed by atoms with van der Waals surface area (Å²) in [6, 6.07) is 16.8. The predicted octanol–water partition coefficient (Wildman–Crippen LogP) is 3.91. The minimum atomic E-state index is -3.55. The zero-order chi connectivity index (χ0) is 23.6. The molecule has 2 heterocycles. The Morgan fingerprint density at radius 2 is 1.88 bits per heavy atom. The fourth-order valence-corrected chi connectivity index (χ4v) is 5.16. The summed E-state index contributed by atoms with van der Waals surface area (Å²) in [4.78, 5) is 17.0. The van der Waals surface area contributed by atoms with Gasteiger partial charge in [0, 0.05) is 43.1 Å². The molecule has 1 N–H and O–H groups in total. The summed E-state index contributed by atoms with van der Waals surface area (Å²) >= 11 is 6.31. The molecule has 0 aliphatic carbocycles. The van der Waals surface area contributed by atoms with E-state index in [9.17, 15) is 13.2 Å². The van der Waals surface area contributed by atoms with Crippen molar-refractivity contribution in [3.05, 3.63) is 76.9 Å². The fourth-order valence-electron chi connectivity index (χ4n) is 3.50. The lowest BCUT2D eigenvalue weighted by Gasteiger charge is -2.33. The van der Waals surface area contributed by atoms with Crippen molar-refractivity contribution in [1.82, 2.24) is 9.29 Å². The highest BCUT2D eigenvalue weighted by atomic mass is 35.5. The molecular weight excluding hydrogens is 462 g/mol. The van der Waals surface area contributed by atoms with Gasteiger partial charge in [-0.25, -0.2) is 0 Å². The van der Waals surface area contributed by atoms with E-state index in [2.05, 4.69) is 10.3 Å². The number of hydrogen-bond acceptors (Lipinski definition) is 5. The molecule has 4 rings (SSSR count). The number of pyridine rings is 1. The summed E-state index contributed by atoms with van der Waals surface area (Å²) in [7, 11) is -1.99. The van der Waals surface area contributed by atoms with Crippen LogP contribution >= 0.6 is 11.6 Å². The van der Waals surface area contributed by atoms with Crippen LogP contribution in [0.2, 0.25) is 5.02 Å². The molecule has 0 saturated carbocycles. The van der Waals surface area contributed by atoms with Crippen molar-refractivity contribution in [3.8, 4) is 17.3 Å². The fraction of sp³-hybridized carbons (Fsp3) is 0.174. The topological polar surface area (TPSA) is 106 Å². The summed E-state index contributed by atoms with van der Waals surface area (Å²) < 4.78 is 27.7.